The lowest BCUT2D eigenvalue weighted by Crippen LogP contribution is -2.57. The van der Waals surface area contributed by atoms with E-state index in [4.69, 9.17) is 24.7 Å². The molecule has 0 aliphatic carbocycles. The summed E-state index contributed by atoms with van der Waals surface area (Å²) >= 11 is 0. The molecule has 0 saturated carbocycles. The van der Waals surface area contributed by atoms with Gasteiger partial charge in [-0.05, 0) is 30.5 Å². The number of benzene rings is 1. The SMILES string of the molecule is CCc1nc2ccccc2n1-c1nc(N2CCOCC2)c2nc(CN3CC(N4C=CC=C(F)C4)C3)n(C)c2n1. The first-order valence-electron chi connectivity index (χ1n) is 13.6. The molecule has 0 spiro atoms. The highest BCUT2D eigenvalue weighted by molar-refractivity contribution is 5.86. The molecule has 2 fully saturated rings. The van der Waals surface area contributed by atoms with Gasteiger partial charge in [0.15, 0.2) is 17.0 Å². The van der Waals surface area contributed by atoms with Crippen molar-refractivity contribution in [3.63, 3.8) is 0 Å². The Morgan fingerprint density at radius 3 is 2.64 bits per heavy atom. The van der Waals surface area contributed by atoms with Gasteiger partial charge in [-0.15, -0.1) is 0 Å². The maximum atomic E-state index is 13.7. The topological polar surface area (TPSA) is 80.4 Å². The van der Waals surface area contributed by atoms with Crippen molar-refractivity contribution in [3.05, 3.63) is 60.1 Å². The third-order valence-corrected chi connectivity index (χ3v) is 7.90. The summed E-state index contributed by atoms with van der Waals surface area (Å²) in [5, 5.41) is 0. The zero-order valence-corrected chi connectivity index (χ0v) is 22.3. The van der Waals surface area contributed by atoms with E-state index in [0.29, 0.717) is 38.3 Å². The van der Waals surface area contributed by atoms with E-state index in [9.17, 15) is 4.39 Å². The number of likely N-dealkylation sites (tertiary alicyclic amines) is 1. The minimum absolute atomic E-state index is 0.0896. The minimum Gasteiger partial charge on any atom is -0.378 e. The third kappa shape index (κ3) is 4.25. The van der Waals surface area contributed by atoms with E-state index in [1.54, 1.807) is 6.08 Å². The molecule has 202 valence electrons. The van der Waals surface area contributed by atoms with Crippen LogP contribution in [0, 0.1) is 0 Å². The average molecular weight is 530 g/mol. The van der Waals surface area contributed by atoms with Gasteiger partial charge < -0.3 is 19.1 Å². The molecular weight excluding hydrogens is 497 g/mol. The number of anilines is 1. The number of fused-ring (bicyclic) bond motifs is 2. The minimum atomic E-state index is -0.0896. The van der Waals surface area contributed by atoms with Gasteiger partial charge in [-0.3, -0.25) is 9.47 Å². The van der Waals surface area contributed by atoms with Gasteiger partial charge in [0.25, 0.3) is 0 Å². The lowest BCUT2D eigenvalue weighted by atomic mass is 10.1. The molecule has 3 aliphatic heterocycles. The predicted molar refractivity (Wildman–Crippen MR) is 147 cm³/mol. The summed E-state index contributed by atoms with van der Waals surface area (Å²) in [6.45, 7) is 7.72. The molecule has 0 amide bonds. The Labute approximate surface area is 226 Å². The van der Waals surface area contributed by atoms with Gasteiger partial charge in [0.05, 0.1) is 43.4 Å². The van der Waals surface area contributed by atoms with Crippen LogP contribution in [0.2, 0.25) is 0 Å². The van der Waals surface area contributed by atoms with Gasteiger partial charge >= 0.3 is 0 Å². The van der Waals surface area contributed by atoms with Crippen LogP contribution >= 0.6 is 0 Å². The lowest BCUT2D eigenvalue weighted by Gasteiger charge is -2.45. The number of hydrogen-bond acceptors (Lipinski definition) is 8. The quantitative estimate of drug-likeness (QED) is 0.377. The molecular formula is C28H32FN9O. The fourth-order valence-corrected chi connectivity index (χ4v) is 5.72. The van der Waals surface area contributed by atoms with Crippen LogP contribution in [0.1, 0.15) is 18.6 Å². The van der Waals surface area contributed by atoms with Gasteiger partial charge in [0.2, 0.25) is 5.95 Å². The van der Waals surface area contributed by atoms with Crippen molar-refractivity contribution in [1.29, 1.82) is 0 Å². The highest BCUT2D eigenvalue weighted by Crippen LogP contribution is 2.29. The molecule has 10 nitrogen and oxygen atoms in total. The number of nitrogens with zero attached hydrogens (tertiary/aromatic N) is 9. The number of hydrogen-bond donors (Lipinski definition) is 0. The van der Waals surface area contributed by atoms with Gasteiger partial charge in [-0.1, -0.05) is 19.1 Å². The normalized spacial score (nSPS) is 18.8. The molecule has 0 N–H and O–H groups in total. The van der Waals surface area contributed by atoms with E-state index in [1.165, 1.54) is 6.08 Å². The highest BCUT2D eigenvalue weighted by Gasteiger charge is 2.33. The Morgan fingerprint density at radius 1 is 1.03 bits per heavy atom. The highest BCUT2D eigenvalue weighted by atomic mass is 19.1. The van der Waals surface area contributed by atoms with Crippen molar-refractivity contribution in [1.82, 2.24) is 38.9 Å². The Morgan fingerprint density at radius 2 is 1.85 bits per heavy atom. The molecule has 2 saturated heterocycles. The molecule has 3 aliphatic rings. The van der Waals surface area contributed by atoms with Crippen LogP contribution < -0.4 is 4.90 Å². The van der Waals surface area contributed by atoms with Crippen LogP contribution in [0.5, 0.6) is 0 Å². The first-order chi connectivity index (χ1) is 19.1. The average Bonchev–Trinajstić information content (AvgIpc) is 3.47. The zero-order valence-electron chi connectivity index (χ0n) is 22.3. The van der Waals surface area contributed by atoms with Crippen molar-refractivity contribution >= 4 is 28.0 Å². The number of ether oxygens (including phenoxy) is 1. The maximum Gasteiger partial charge on any atom is 0.239 e. The molecule has 3 aromatic heterocycles. The second-order valence-corrected chi connectivity index (χ2v) is 10.4. The number of rotatable bonds is 6. The molecule has 4 aromatic rings. The number of allylic oxidation sites excluding steroid dienone is 2. The molecule has 0 bridgehead atoms. The lowest BCUT2D eigenvalue weighted by molar-refractivity contribution is 0.0537. The van der Waals surface area contributed by atoms with Gasteiger partial charge in [-0.2, -0.15) is 9.97 Å². The summed E-state index contributed by atoms with van der Waals surface area (Å²) in [4.78, 5) is 26.8. The van der Waals surface area contributed by atoms with E-state index in [1.807, 2.05) is 31.4 Å². The van der Waals surface area contributed by atoms with Crippen molar-refractivity contribution in [2.45, 2.75) is 25.9 Å². The van der Waals surface area contributed by atoms with Gasteiger partial charge in [-0.25, -0.2) is 14.4 Å². The Balaban J connectivity index is 1.25. The fourth-order valence-electron chi connectivity index (χ4n) is 5.72. The van der Waals surface area contributed by atoms with Crippen molar-refractivity contribution in [2.24, 2.45) is 7.05 Å². The van der Waals surface area contributed by atoms with Crippen LogP contribution in [0.4, 0.5) is 10.2 Å². The monoisotopic (exact) mass is 529 g/mol. The summed E-state index contributed by atoms with van der Waals surface area (Å²) in [6, 6.07) is 8.43. The molecule has 6 heterocycles. The maximum absolute atomic E-state index is 13.7. The zero-order chi connectivity index (χ0) is 26.5. The summed E-state index contributed by atoms with van der Waals surface area (Å²) in [7, 11) is 2.03. The summed E-state index contributed by atoms with van der Waals surface area (Å²) in [5.74, 6) is 3.22. The standard InChI is InChI=1S/C28H32FN9O/c1-3-23-30-21-8-4-5-9-22(21)38(23)28-32-26-25(27(33-28)36-11-13-39-14-12-36)31-24(34(26)2)18-35-16-20(17-35)37-10-6-7-19(29)15-37/h4-10,20H,3,11-18H2,1-2H3. The molecule has 0 unspecified atom stereocenters. The van der Waals surface area contributed by atoms with Gasteiger partial charge in [0.1, 0.15) is 17.5 Å². The molecule has 1 aromatic carbocycles. The van der Waals surface area contributed by atoms with Crippen LogP contribution in [-0.4, -0.2) is 90.8 Å². The van der Waals surface area contributed by atoms with Crippen molar-refractivity contribution in [2.75, 3.05) is 50.8 Å². The second kappa shape index (κ2) is 9.73. The largest absolute Gasteiger partial charge is 0.378 e. The third-order valence-electron chi connectivity index (χ3n) is 7.90. The molecule has 7 rings (SSSR count). The number of aryl methyl sites for hydroxylation is 2. The number of aromatic nitrogens is 6. The summed E-state index contributed by atoms with van der Waals surface area (Å²) < 4.78 is 23.5. The molecule has 0 radical (unpaired) electrons. The molecule has 39 heavy (non-hydrogen) atoms. The van der Waals surface area contributed by atoms with E-state index in [-0.39, 0.29) is 5.83 Å². The Bertz CT molecular complexity index is 1590. The summed E-state index contributed by atoms with van der Waals surface area (Å²) in [5.41, 5.74) is 3.54. The van der Waals surface area contributed by atoms with Crippen LogP contribution in [0.3, 0.4) is 0 Å². The fraction of sp³-hybridized carbons (Fsp3) is 0.429. The van der Waals surface area contributed by atoms with Crippen LogP contribution in [0.25, 0.3) is 28.1 Å². The molecule has 11 heteroatoms. The number of imidazole rings is 2. The van der Waals surface area contributed by atoms with Crippen LogP contribution in [0.15, 0.2) is 48.4 Å². The summed E-state index contributed by atoms with van der Waals surface area (Å²) in [6.07, 6.45) is 6.06. The number of para-hydroxylation sites is 2. The van der Waals surface area contributed by atoms with Crippen LogP contribution in [-0.2, 0) is 24.8 Å². The first-order valence-corrected chi connectivity index (χ1v) is 13.6. The predicted octanol–water partition coefficient (Wildman–Crippen LogP) is 2.97. The van der Waals surface area contributed by atoms with E-state index in [2.05, 4.69) is 36.8 Å². The van der Waals surface area contributed by atoms with E-state index < -0.39 is 0 Å². The number of halogens is 1. The van der Waals surface area contributed by atoms with Crippen molar-refractivity contribution in [3.8, 4) is 5.95 Å². The Hall–Kier alpha value is -3.83. The smallest absolute Gasteiger partial charge is 0.239 e. The Kier molecular flexibility index (Phi) is 6.04. The second-order valence-electron chi connectivity index (χ2n) is 10.4. The van der Waals surface area contributed by atoms with E-state index >= 15 is 0 Å². The van der Waals surface area contributed by atoms with Crippen molar-refractivity contribution < 1.29 is 9.13 Å². The molecule has 0 atom stereocenters. The first kappa shape index (κ1) is 24.2. The number of morpholine rings is 1. The van der Waals surface area contributed by atoms with Gasteiger partial charge in [0, 0.05) is 39.6 Å². The van der Waals surface area contributed by atoms with E-state index in [0.717, 1.165) is 72.3 Å².